The van der Waals surface area contributed by atoms with Gasteiger partial charge in [0, 0.05) is 11.4 Å². The van der Waals surface area contributed by atoms with Crippen LogP contribution in [0.5, 0.6) is 0 Å². The van der Waals surface area contributed by atoms with Crippen molar-refractivity contribution in [1.29, 1.82) is 0 Å². The lowest BCUT2D eigenvalue weighted by Gasteiger charge is -2.07. The average Bonchev–Trinajstić information content (AvgIpc) is 2.96. The Balaban J connectivity index is 2.00. The van der Waals surface area contributed by atoms with Gasteiger partial charge in [-0.15, -0.1) is 0 Å². The van der Waals surface area contributed by atoms with Gasteiger partial charge in [0.2, 0.25) is 5.95 Å². The molecule has 0 fully saturated rings. The van der Waals surface area contributed by atoms with Gasteiger partial charge in [0.1, 0.15) is 10.8 Å². The highest BCUT2D eigenvalue weighted by atomic mass is 32.2. The molecule has 2 aromatic heterocycles. The van der Waals surface area contributed by atoms with Crippen LogP contribution in [-0.2, 0) is 0 Å². The molecule has 0 unspecified atom stereocenters. The van der Waals surface area contributed by atoms with Crippen molar-refractivity contribution in [3.63, 3.8) is 0 Å². The number of benzene rings is 1. The predicted molar refractivity (Wildman–Crippen MR) is 81.0 cm³/mol. The number of nitrogens with one attached hydrogen (secondary N) is 2. The standard InChI is InChI=1S/C14H14FN5S/c1-2-7-16-14-18-12-9(8-17-20-12)13(19-14)21-11-6-4-3-5-10(11)15/h3-6,8H,2,7H2,1H3,(H2,16,17,18,19,20). The number of nitrogens with zero attached hydrogens (tertiary/aromatic N) is 3. The maximum absolute atomic E-state index is 13.8. The summed E-state index contributed by atoms with van der Waals surface area (Å²) in [6, 6.07) is 6.63. The second-order valence-electron chi connectivity index (χ2n) is 4.44. The van der Waals surface area contributed by atoms with Gasteiger partial charge in [-0.3, -0.25) is 5.10 Å². The molecule has 21 heavy (non-hydrogen) atoms. The van der Waals surface area contributed by atoms with Gasteiger partial charge in [-0.1, -0.05) is 30.8 Å². The monoisotopic (exact) mass is 303 g/mol. The Bertz CT molecular complexity index is 758. The van der Waals surface area contributed by atoms with Crippen molar-refractivity contribution in [2.45, 2.75) is 23.3 Å². The average molecular weight is 303 g/mol. The Hall–Kier alpha value is -2.15. The number of hydrogen-bond donors (Lipinski definition) is 2. The summed E-state index contributed by atoms with van der Waals surface area (Å²) in [5.41, 5.74) is 0.641. The van der Waals surface area contributed by atoms with E-state index in [0.717, 1.165) is 18.4 Å². The van der Waals surface area contributed by atoms with Crippen molar-refractivity contribution < 1.29 is 4.39 Å². The Morgan fingerprint density at radius 2 is 2.14 bits per heavy atom. The van der Waals surface area contributed by atoms with Crippen molar-refractivity contribution in [2.24, 2.45) is 0 Å². The fourth-order valence-electron chi connectivity index (χ4n) is 1.83. The highest BCUT2D eigenvalue weighted by molar-refractivity contribution is 7.99. The summed E-state index contributed by atoms with van der Waals surface area (Å²) in [7, 11) is 0. The minimum atomic E-state index is -0.263. The first-order valence-corrected chi connectivity index (χ1v) is 7.47. The summed E-state index contributed by atoms with van der Waals surface area (Å²) in [6.45, 7) is 2.85. The largest absolute Gasteiger partial charge is 0.354 e. The molecule has 0 amide bonds. The number of H-pyrrole nitrogens is 1. The first kappa shape index (κ1) is 13.8. The summed E-state index contributed by atoms with van der Waals surface area (Å²) >= 11 is 1.27. The van der Waals surface area contributed by atoms with Crippen molar-refractivity contribution in [1.82, 2.24) is 20.2 Å². The molecule has 0 aliphatic heterocycles. The van der Waals surface area contributed by atoms with Gasteiger partial charge in [0.05, 0.1) is 11.6 Å². The van der Waals surface area contributed by atoms with Crippen LogP contribution in [0.25, 0.3) is 11.0 Å². The summed E-state index contributed by atoms with van der Waals surface area (Å²) in [4.78, 5) is 9.34. The van der Waals surface area contributed by atoms with E-state index in [9.17, 15) is 4.39 Å². The number of anilines is 1. The second kappa shape index (κ2) is 6.09. The van der Waals surface area contributed by atoms with Crippen LogP contribution in [0.2, 0.25) is 0 Å². The maximum atomic E-state index is 13.8. The van der Waals surface area contributed by atoms with Crippen LogP contribution < -0.4 is 5.32 Å². The van der Waals surface area contributed by atoms with Crippen LogP contribution in [-0.4, -0.2) is 26.7 Å². The molecule has 108 valence electrons. The minimum Gasteiger partial charge on any atom is -0.354 e. The fourth-order valence-corrected chi connectivity index (χ4v) is 2.75. The van der Waals surface area contributed by atoms with Gasteiger partial charge in [0.25, 0.3) is 0 Å². The van der Waals surface area contributed by atoms with E-state index in [2.05, 4.69) is 32.4 Å². The van der Waals surface area contributed by atoms with Crippen molar-refractivity contribution in [3.05, 3.63) is 36.3 Å². The van der Waals surface area contributed by atoms with E-state index in [0.29, 0.717) is 21.5 Å². The lowest BCUT2D eigenvalue weighted by Crippen LogP contribution is -2.05. The smallest absolute Gasteiger partial charge is 0.225 e. The molecule has 0 saturated carbocycles. The predicted octanol–water partition coefficient (Wildman–Crippen LogP) is 3.47. The van der Waals surface area contributed by atoms with Crippen molar-refractivity contribution in [3.8, 4) is 0 Å². The summed E-state index contributed by atoms with van der Waals surface area (Å²) < 4.78 is 13.8. The second-order valence-corrected chi connectivity index (χ2v) is 5.47. The van der Waals surface area contributed by atoms with Gasteiger partial charge in [-0.2, -0.15) is 10.1 Å². The highest BCUT2D eigenvalue weighted by Crippen LogP contribution is 2.32. The third-order valence-corrected chi connectivity index (χ3v) is 3.91. The van der Waals surface area contributed by atoms with E-state index in [1.165, 1.54) is 17.8 Å². The first-order valence-electron chi connectivity index (χ1n) is 6.65. The number of halogens is 1. The molecule has 2 heterocycles. The third kappa shape index (κ3) is 2.97. The highest BCUT2D eigenvalue weighted by Gasteiger charge is 2.12. The van der Waals surface area contributed by atoms with Crippen LogP contribution in [0, 0.1) is 5.82 Å². The number of fused-ring (bicyclic) bond motifs is 1. The normalized spacial score (nSPS) is 11.0. The Morgan fingerprint density at radius 1 is 1.29 bits per heavy atom. The van der Waals surface area contributed by atoms with Gasteiger partial charge in [-0.25, -0.2) is 9.37 Å². The van der Waals surface area contributed by atoms with E-state index in [-0.39, 0.29) is 5.82 Å². The van der Waals surface area contributed by atoms with Crippen molar-refractivity contribution >= 4 is 28.7 Å². The third-order valence-electron chi connectivity index (χ3n) is 2.85. The molecule has 0 aliphatic carbocycles. The van der Waals surface area contributed by atoms with Gasteiger partial charge >= 0.3 is 0 Å². The van der Waals surface area contributed by atoms with Crippen molar-refractivity contribution in [2.75, 3.05) is 11.9 Å². The van der Waals surface area contributed by atoms with E-state index >= 15 is 0 Å². The molecule has 3 aromatic rings. The molecule has 1 aromatic carbocycles. The van der Waals surface area contributed by atoms with Crippen LogP contribution in [0.1, 0.15) is 13.3 Å². The Kier molecular flexibility index (Phi) is 4.01. The summed E-state index contributed by atoms with van der Waals surface area (Å²) in [5, 5.41) is 11.4. The first-order chi connectivity index (χ1) is 10.3. The number of aromatic nitrogens is 4. The molecular weight excluding hydrogens is 289 g/mol. The maximum Gasteiger partial charge on any atom is 0.225 e. The zero-order valence-corrected chi connectivity index (χ0v) is 12.2. The molecule has 0 radical (unpaired) electrons. The van der Waals surface area contributed by atoms with Crippen LogP contribution in [0.3, 0.4) is 0 Å². The van der Waals surface area contributed by atoms with Gasteiger partial charge < -0.3 is 5.32 Å². The van der Waals surface area contributed by atoms with E-state index < -0.39 is 0 Å². The number of hydrogen-bond acceptors (Lipinski definition) is 5. The molecule has 3 rings (SSSR count). The Morgan fingerprint density at radius 3 is 2.95 bits per heavy atom. The molecule has 2 N–H and O–H groups in total. The lowest BCUT2D eigenvalue weighted by atomic mass is 10.3. The molecule has 0 saturated heterocycles. The molecule has 0 atom stereocenters. The summed E-state index contributed by atoms with van der Waals surface area (Å²) in [6.07, 6.45) is 2.63. The van der Waals surface area contributed by atoms with E-state index in [1.807, 2.05) is 0 Å². The zero-order chi connectivity index (χ0) is 14.7. The topological polar surface area (TPSA) is 66.5 Å². The quantitative estimate of drug-likeness (QED) is 0.707. The molecule has 0 aliphatic rings. The van der Waals surface area contributed by atoms with Crippen LogP contribution >= 0.6 is 11.8 Å². The summed E-state index contributed by atoms with van der Waals surface area (Å²) in [5.74, 6) is 0.258. The molecule has 0 spiro atoms. The zero-order valence-electron chi connectivity index (χ0n) is 11.4. The van der Waals surface area contributed by atoms with Crippen LogP contribution in [0.4, 0.5) is 10.3 Å². The van der Waals surface area contributed by atoms with E-state index in [4.69, 9.17) is 0 Å². The van der Waals surface area contributed by atoms with Gasteiger partial charge in [0.15, 0.2) is 5.65 Å². The van der Waals surface area contributed by atoms with Crippen LogP contribution in [0.15, 0.2) is 40.4 Å². The number of aromatic amines is 1. The van der Waals surface area contributed by atoms with E-state index in [1.54, 1.807) is 24.4 Å². The van der Waals surface area contributed by atoms with Gasteiger partial charge in [-0.05, 0) is 18.6 Å². The molecule has 5 nitrogen and oxygen atoms in total. The minimum absolute atomic E-state index is 0.263. The fraction of sp³-hybridized carbons (Fsp3) is 0.214. The molecule has 0 bridgehead atoms. The molecule has 7 heteroatoms. The lowest BCUT2D eigenvalue weighted by molar-refractivity contribution is 0.602. The number of rotatable bonds is 5. The molecular formula is C14H14FN5S. The SMILES string of the molecule is CCCNc1nc(Sc2ccccc2F)c2cn[nH]c2n1. The Labute approximate surface area is 125 Å².